The summed E-state index contributed by atoms with van der Waals surface area (Å²) in [4.78, 5) is 40.6. The van der Waals surface area contributed by atoms with E-state index in [1.165, 1.54) is 5.56 Å². The van der Waals surface area contributed by atoms with Crippen LogP contribution in [0, 0.1) is 6.92 Å². The molecule has 2 N–H and O–H groups in total. The van der Waals surface area contributed by atoms with Gasteiger partial charge in [0.1, 0.15) is 19.0 Å². The lowest BCUT2D eigenvalue weighted by Crippen LogP contribution is -2.37. The number of benzene rings is 7. The van der Waals surface area contributed by atoms with Crippen molar-refractivity contribution in [3.63, 3.8) is 0 Å². The van der Waals surface area contributed by atoms with Gasteiger partial charge in [0.05, 0.1) is 67.8 Å². The summed E-state index contributed by atoms with van der Waals surface area (Å²) in [5, 5.41) is 17.4. The maximum absolute atomic E-state index is 13.8. The Labute approximate surface area is 452 Å². The van der Waals surface area contributed by atoms with Gasteiger partial charge >= 0.3 is 0 Å². The molecule has 0 aliphatic carbocycles. The highest BCUT2D eigenvalue weighted by atomic mass is 32.2. The van der Waals surface area contributed by atoms with Crippen LogP contribution >= 0.6 is 0 Å². The highest BCUT2D eigenvalue weighted by molar-refractivity contribution is 7.85. The van der Waals surface area contributed by atoms with Gasteiger partial charge in [-0.3, -0.25) is 33.6 Å². The quantitative estimate of drug-likeness (QED) is 0.106. The highest BCUT2D eigenvalue weighted by Gasteiger charge is 2.38. The third-order valence-corrected chi connectivity index (χ3v) is 13.8. The molecule has 0 saturated carbocycles. The molecule has 4 heterocycles. The normalized spacial score (nSPS) is 15.2. The molecule has 2 atom stereocenters. The number of amides is 2. The van der Waals surface area contributed by atoms with Crippen molar-refractivity contribution in [3.8, 4) is 17.2 Å². The first-order valence-electron chi connectivity index (χ1n) is 24.7. The molecule has 4 aliphatic heterocycles. The Morgan fingerprint density at radius 3 is 1.51 bits per heavy atom. The van der Waals surface area contributed by atoms with Crippen LogP contribution in [0.4, 0.5) is 22.7 Å². The molecule has 4 aliphatic rings. The van der Waals surface area contributed by atoms with Gasteiger partial charge in [-0.15, -0.1) is 0 Å². The minimum absolute atomic E-state index is 0. The van der Waals surface area contributed by atoms with Gasteiger partial charge in [-0.1, -0.05) is 125 Å². The second-order valence-corrected chi connectivity index (χ2v) is 20.2. The summed E-state index contributed by atoms with van der Waals surface area (Å²) < 4.78 is 44.4. The summed E-state index contributed by atoms with van der Waals surface area (Å²) in [6, 6.07) is 46.0. The number of nitrogens with zero attached hydrogens (tertiary/aromatic N) is 4. The molecule has 0 fully saturated rings. The number of anilines is 2. The van der Waals surface area contributed by atoms with Crippen molar-refractivity contribution in [2.45, 2.75) is 93.1 Å². The maximum atomic E-state index is 13.8. The van der Waals surface area contributed by atoms with Crippen LogP contribution in [-0.4, -0.2) is 68.3 Å². The highest BCUT2D eigenvalue weighted by Crippen LogP contribution is 2.42. The molecule has 11 rings (SSSR count). The van der Waals surface area contributed by atoms with Crippen molar-refractivity contribution in [1.82, 2.24) is 0 Å². The van der Waals surface area contributed by atoms with E-state index in [9.17, 15) is 18.0 Å². The van der Waals surface area contributed by atoms with Gasteiger partial charge in [0.25, 0.3) is 21.9 Å². The predicted molar refractivity (Wildman–Crippen MR) is 304 cm³/mol. The number of para-hydroxylation sites is 2. The van der Waals surface area contributed by atoms with E-state index in [1.54, 1.807) is 25.3 Å². The first kappa shape index (κ1) is 56.8. The third-order valence-electron chi connectivity index (χ3n) is 13.2. The molecular formula is C62H66N4O10S. The zero-order chi connectivity index (χ0) is 52.6. The second-order valence-electron chi connectivity index (χ2n) is 18.5. The van der Waals surface area contributed by atoms with E-state index in [2.05, 4.69) is 23.2 Å². The molecule has 77 heavy (non-hydrogen) atoms. The second kappa shape index (κ2) is 25.3. The van der Waals surface area contributed by atoms with Crippen LogP contribution in [-0.2, 0) is 66.6 Å². The number of carbonyl (C=O) groups excluding carboxylic acids is 2. The zero-order valence-corrected chi connectivity index (χ0v) is 43.0. The van der Waals surface area contributed by atoms with Gasteiger partial charge in [-0.2, -0.15) is 8.42 Å². The molecule has 0 saturated heterocycles. The van der Waals surface area contributed by atoms with E-state index in [4.69, 9.17) is 34.4 Å². The summed E-state index contributed by atoms with van der Waals surface area (Å²) >= 11 is 0. The predicted octanol–water partition coefficient (Wildman–Crippen LogP) is 11.4. The largest absolute Gasteiger partial charge is 0.493 e. The Morgan fingerprint density at radius 2 is 1.00 bits per heavy atom. The number of aliphatic hydroxyl groups is 2. The van der Waals surface area contributed by atoms with E-state index < -0.39 is 10.1 Å². The van der Waals surface area contributed by atoms with Crippen LogP contribution in [0.1, 0.15) is 92.6 Å². The Bertz CT molecular complexity index is 3410. The monoisotopic (exact) mass is 1060 g/mol. The maximum Gasteiger partial charge on any atom is 0.264 e. The Kier molecular flexibility index (Phi) is 18.6. The molecule has 15 heteroatoms. The van der Waals surface area contributed by atoms with Crippen molar-refractivity contribution in [3.05, 3.63) is 207 Å². The lowest BCUT2D eigenvalue weighted by molar-refractivity contribution is 0.0979. The van der Waals surface area contributed by atoms with Crippen LogP contribution in [0.15, 0.2) is 156 Å². The number of carbonyl (C=O) groups is 2. The smallest absolute Gasteiger partial charge is 0.264 e. The number of rotatable bonds is 13. The molecule has 400 valence electrons. The molecule has 2 amide bonds. The summed E-state index contributed by atoms with van der Waals surface area (Å²) in [7, 11) is -1.77. The average molecular weight is 1060 g/mol. The van der Waals surface area contributed by atoms with Gasteiger partial charge in [-0.25, -0.2) is 0 Å². The first-order chi connectivity index (χ1) is 36.3. The topological polar surface area (TPSA) is 177 Å². The van der Waals surface area contributed by atoms with E-state index in [0.717, 1.165) is 81.4 Å². The molecule has 0 radical (unpaired) electrons. The summed E-state index contributed by atoms with van der Waals surface area (Å²) in [6.45, 7) is 4.79. The van der Waals surface area contributed by atoms with Crippen LogP contribution in [0.5, 0.6) is 17.2 Å². The van der Waals surface area contributed by atoms with Gasteiger partial charge in [0.15, 0.2) is 11.5 Å². The third kappa shape index (κ3) is 13.2. The zero-order valence-electron chi connectivity index (χ0n) is 42.2. The fourth-order valence-electron chi connectivity index (χ4n) is 9.46. The number of hydrogen-bond acceptors (Lipinski definition) is 12. The minimum atomic E-state index is -3.34. The number of ether oxygens (including phenoxy) is 3. The fourth-order valence-corrected chi connectivity index (χ4v) is 9.81. The van der Waals surface area contributed by atoms with Crippen molar-refractivity contribution in [2.75, 3.05) is 23.2 Å². The number of aliphatic imine (C=N–C) groups is 2. The van der Waals surface area contributed by atoms with Crippen molar-refractivity contribution in [2.24, 2.45) is 9.98 Å². The molecule has 7 aromatic carbocycles. The summed E-state index contributed by atoms with van der Waals surface area (Å²) in [5.74, 6) is 1.49. The van der Waals surface area contributed by atoms with E-state index >= 15 is 0 Å². The average Bonchev–Trinajstić information content (AvgIpc) is 4.04. The Balaban J connectivity index is 0.000000274. The minimum Gasteiger partial charge on any atom is -0.493 e. The number of fused-ring (bicyclic) bond motifs is 8. The lowest BCUT2D eigenvalue weighted by atomic mass is 10.1. The lowest BCUT2D eigenvalue weighted by Gasteiger charge is -2.22. The summed E-state index contributed by atoms with van der Waals surface area (Å²) in [5.41, 5.74) is 12.9. The van der Waals surface area contributed by atoms with Gasteiger partial charge in [0.2, 0.25) is 0 Å². The van der Waals surface area contributed by atoms with Crippen LogP contribution in [0.2, 0.25) is 0 Å². The molecular weight excluding hydrogens is 993 g/mol. The van der Waals surface area contributed by atoms with Crippen LogP contribution < -0.4 is 24.0 Å². The molecule has 7 aromatic rings. The summed E-state index contributed by atoms with van der Waals surface area (Å²) in [6.07, 6.45) is 7.19. The molecule has 14 nitrogen and oxygen atoms in total. The van der Waals surface area contributed by atoms with Crippen LogP contribution in [0.3, 0.4) is 0 Å². The Morgan fingerprint density at radius 1 is 0.558 bits per heavy atom. The van der Waals surface area contributed by atoms with Crippen molar-refractivity contribution in [1.29, 1.82) is 0 Å². The molecule has 0 unspecified atom stereocenters. The van der Waals surface area contributed by atoms with Gasteiger partial charge in [-0.05, 0) is 93.7 Å². The first-order valence-corrected chi connectivity index (χ1v) is 26.5. The van der Waals surface area contributed by atoms with Crippen molar-refractivity contribution < 1.29 is 46.6 Å². The SMILES string of the molecule is C.C.CCc1cccc(COS(C)(=O)=O)c1.COc1cc2c(cc1OCc1cccc(COc3cc4c(cc3C)C(=O)N3c5ccccc5C[C@H]3C=N4)c1)N=C[C@@H]1Cc3ccccc3N1C2=O.OCc1cccc(CO)c1. The Hall–Kier alpha value is -7.95. The van der Waals surface area contributed by atoms with Crippen molar-refractivity contribution >= 4 is 57.1 Å². The van der Waals surface area contributed by atoms with Gasteiger partial charge < -0.3 is 24.4 Å². The number of methoxy groups -OCH3 is 1. The van der Waals surface area contributed by atoms with E-state index in [1.807, 2.05) is 144 Å². The van der Waals surface area contributed by atoms with Crippen LogP contribution in [0.25, 0.3) is 0 Å². The fraction of sp³-hybridized carbons (Fsp3) is 0.258. The number of aryl methyl sites for hydroxylation is 2. The molecule has 0 spiro atoms. The van der Waals surface area contributed by atoms with Gasteiger partial charge in [0, 0.05) is 48.8 Å². The van der Waals surface area contributed by atoms with E-state index in [0.29, 0.717) is 46.4 Å². The molecule has 0 aromatic heterocycles. The molecule has 0 bridgehead atoms. The number of hydrogen-bond donors (Lipinski definition) is 2. The van der Waals surface area contributed by atoms with E-state index in [-0.39, 0.29) is 65.2 Å². The standard InChI is InChI=1S/C42H34N4O5.C10H14O3S.C8H10O2.2CH4/c1-25-14-32-34(43-21-30-16-28-10-3-5-12-36(28)45(30)41(32)47)19-38(25)50-23-26-8-7-9-27(15-26)24-51-40-20-35-33(18-39(40)49-2)42(48)46-31(22-44-35)17-29-11-4-6-13-37(29)46;1-3-9-5-4-6-10(7-9)8-13-14(2,11)12;9-5-7-2-1-3-8(4-7)6-10;;/h3-15,18-22,30-31H,16-17,23-24H2,1-2H3;4-7H,3,8H2,1-2H3;1-4,9-10H,5-6H2;2*1H4/t30-,31-;;;;/m0..../s1. The number of aliphatic hydroxyl groups excluding tert-OH is 2.